The highest BCUT2D eigenvalue weighted by Crippen LogP contribution is 2.21. The molecular formula is C15H16FN3O2. The average molecular weight is 289 g/mol. The van der Waals surface area contributed by atoms with E-state index in [0.29, 0.717) is 31.9 Å². The number of para-hydroxylation sites is 1. The molecule has 1 saturated heterocycles. The van der Waals surface area contributed by atoms with Crippen molar-refractivity contribution in [3.8, 4) is 0 Å². The lowest BCUT2D eigenvalue weighted by Crippen LogP contribution is -2.49. The second-order valence-corrected chi connectivity index (χ2v) is 4.93. The first-order valence-electron chi connectivity index (χ1n) is 6.79. The molecule has 1 aliphatic rings. The highest BCUT2D eigenvalue weighted by atomic mass is 19.1. The molecule has 0 bridgehead atoms. The number of nitrogen functional groups attached to an aromatic ring is 1. The minimum atomic E-state index is -0.240. The van der Waals surface area contributed by atoms with Gasteiger partial charge in [0.25, 0.3) is 5.91 Å². The van der Waals surface area contributed by atoms with Gasteiger partial charge < -0.3 is 20.0 Å². The summed E-state index contributed by atoms with van der Waals surface area (Å²) in [6.45, 7) is 2.22. The second-order valence-electron chi connectivity index (χ2n) is 4.93. The Bertz CT molecular complexity index is 648. The molecule has 0 aliphatic carbocycles. The van der Waals surface area contributed by atoms with Crippen molar-refractivity contribution < 1.29 is 13.6 Å². The summed E-state index contributed by atoms with van der Waals surface area (Å²) in [5.41, 5.74) is 6.05. The molecule has 1 amide bonds. The van der Waals surface area contributed by atoms with Crippen LogP contribution in [0.25, 0.3) is 0 Å². The molecule has 2 heterocycles. The molecule has 0 spiro atoms. The molecule has 6 heteroatoms. The minimum absolute atomic E-state index is 0.181. The maximum atomic E-state index is 13.7. The van der Waals surface area contributed by atoms with Crippen LogP contribution in [0.1, 0.15) is 10.6 Å². The Morgan fingerprint density at radius 1 is 1.10 bits per heavy atom. The van der Waals surface area contributed by atoms with Crippen LogP contribution in [0.4, 0.5) is 16.0 Å². The predicted molar refractivity (Wildman–Crippen MR) is 77.6 cm³/mol. The molecule has 1 aromatic carbocycles. The van der Waals surface area contributed by atoms with Crippen molar-refractivity contribution in [2.45, 2.75) is 0 Å². The van der Waals surface area contributed by atoms with E-state index >= 15 is 0 Å². The number of anilines is 2. The molecule has 0 unspecified atom stereocenters. The molecule has 21 heavy (non-hydrogen) atoms. The van der Waals surface area contributed by atoms with Crippen LogP contribution in [0.3, 0.4) is 0 Å². The Morgan fingerprint density at radius 3 is 2.43 bits per heavy atom. The van der Waals surface area contributed by atoms with Gasteiger partial charge in [0.2, 0.25) is 0 Å². The third-order valence-corrected chi connectivity index (χ3v) is 3.60. The summed E-state index contributed by atoms with van der Waals surface area (Å²) < 4.78 is 18.9. The molecule has 0 atom stereocenters. The Kier molecular flexibility index (Phi) is 3.51. The zero-order valence-electron chi connectivity index (χ0n) is 11.5. The molecule has 5 nitrogen and oxygen atoms in total. The number of amides is 1. The highest BCUT2D eigenvalue weighted by molar-refractivity contribution is 5.92. The SMILES string of the molecule is Nc1ccc(C(=O)N2CCN(c3ccccc3F)CC2)o1. The van der Waals surface area contributed by atoms with Gasteiger partial charge >= 0.3 is 0 Å². The lowest BCUT2D eigenvalue weighted by Gasteiger charge is -2.35. The Labute approximate surface area is 121 Å². The number of halogens is 1. The van der Waals surface area contributed by atoms with E-state index in [9.17, 15) is 9.18 Å². The fourth-order valence-corrected chi connectivity index (χ4v) is 2.48. The van der Waals surface area contributed by atoms with E-state index in [4.69, 9.17) is 10.2 Å². The normalized spacial score (nSPS) is 15.3. The largest absolute Gasteiger partial charge is 0.436 e. The van der Waals surface area contributed by atoms with Crippen LogP contribution in [0.15, 0.2) is 40.8 Å². The maximum absolute atomic E-state index is 13.7. The third kappa shape index (κ3) is 2.69. The molecule has 2 N–H and O–H groups in total. The quantitative estimate of drug-likeness (QED) is 0.918. The number of nitrogens with zero attached hydrogens (tertiary/aromatic N) is 2. The number of hydrogen-bond donors (Lipinski definition) is 1. The van der Waals surface area contributed by atoms with Crippen LogP contribution < -0.4 is 10.6 Å². The number of furan rings is 1. The van der Waals surface area contributed by atoms with E-state index in [1.807, 2.05) is 11.0 Å². The van der Waals surface area contributed by atoms with Crippen molar-refractivity contribution in [2.75, 3.05) is 36.8 Å². The molecule has 0 saturated carbocycles. The van der Waals surface area contributed by atoms with Crippen LogP contribution in [-0.2, 0) is 0 Å². The van der Waals surface area contributed by atoms with E-state index in [0.717, 1.165) is 0 Å². The maximum Gasteiger partial charge on any atom is 0.289 e. The van der Waals surface area contributed by atoms with Crippen LogP contribution in [-0.4, -0.2) is 37.0 Å². The minimum Gasteiger partial charge on any atom is -0.436 e. The van der Waals surface area contributed by atoms with Crippen LogP contribution >= 0.6 is 0 Å². The standard InChI is InChI=1S/C15H16FN3O2/c16-11-3-1-2-4-12(11)18-7-9-19(10-8-18)15(20)13-5-6-14(17)21-13/h1-6H,7-10,17H2. The number of rotatable bonds is 2. The Balaban J connectivity index is 1.65. The number of piperazine rings is 1. The topological polar surface area (TPSA) is 62.7 Å². The lowest BCUT2D eigenvalue weighted by atomic mass is 10.2. The monoisotopic (exact) mass is 289 g/mol. The molecular weight excluding hydrogens is 273 g/mol. The summed E-state index contributed by atoms with van der Waals surface area (Å²) in [6, 6.07) is 9.80. The second kappa shape index (κ2) is 5.47. The number of hydrogen-bond acceptors (Lipinski definition) is 4. The van der Waals surface area contributed by atoms with Crippen molar-refractivity contribution in [3.05, 3.63) is 48.0 Å². The van der Waals surface area contributed by atoms with Gasteiger partial charge in [-0.25, -0.2) is 4.39 Å². The van der Waals surface area contributed by atoms with Gasteiger partial charge in [-0.15, -0.1) is 0 Å². The lowest BCUT2D eigenvalue weighted by molar-refractivity contribution is 0.0716. The van der Waals surface area contributed by atoms with Crippen LogP contribution in [0.2, 0.25) is 0 Å². The summed E-state index contributed by atoms with van der Waals surface area (Å²) >= 11 is 0. The highest BCUT2D eigenvalue weighted by Gasteiger charge is 2.25. The molecule has 1 fully saturated rings. The molecule has 0 radical (unpaired) electrons. The molecule has 1 aliphatic heterocycles. The zero-order chi connectivity index (χ0) is 14.8. The van der Waals surface area contributed by atoms with Crippen LogP contribution in [0.5, 0.6) is 0 Å². The van der Waals surface area contributed by atoms with E-state index in [1.165, 1.54) is 6.07 Å². The predicted octanol–water partition coefficient (Wildman–Crippen LogP) is 1.96. The van der Waals surface area contributed by atoms with E-state index in [1.54, 1.807) is 29.2 Å². The molecule has 110 valence electrons. The Morgan fingerprint density at radius 2 is 1.81 bits per heavy atom. The number of carbonyl (C=O) groups excluding carboxylic acids is 1. The van der Waals surface area contributed by atoms with Gasteiger partial charge in [0.15, 0.2) is 11.6 Å². The summed E-state index contributed by atoms with van der Waals surface area (Å²) in [7, 11) is 0. The average Bonchev–Trinajstić information content (AvgIpc) is 2.94. The van der Waals surface area contributed by atoms with Crippen LogP contribution in [0, 0.1) is 5.82 Å². The third-order valence-electron chi connectivity index (χ3n) is 3.60. The van der Waals surface area contributed by atoms with E-state index in [-0.39, 0.29) is 23.4 Å². The fourth-order valence-electron chi connectivity index (χ4n) is 2.48. The summed E-state index contributed by atoms with van der Waals surface area (Å²) in [4.78, 5) is 15.8. The van der Waals surface area contributed by atoms with Crippen molar-refractivity contribution >= 4 is 17.5 Å². The summed E-state index contributed by atoms with van der Waals surface area (Å²) in [6.07, 6.45) is 0. The molecule has 1 aromatic heterocycles. The Hall–Kier alpha value is -2.50. The van der Waals surface area contributed by atoms with Gasteiger partial charge in [-0.1, -0.05) is 12.1 Å². The first-order valence-corrected chi connectivity index (χ1v) is 6.79. The summed E-state index contributed by atoms with van der Waals surface area (Å²) in [5.74, 6) is 0.0474. The zero-order valence-corrected chi connectivity index (χ0v) is 11.5. The van der Waals surface area contributed by atoms with Crippen molar-refractivity contribution in [1.82, 2.24) is 4.90 Å². The first-order chi connectivity index (χ1) is 10.1. The number of nitrogens with two attached hydrogens (primary N) is 1. The van der Waals surface area contributed by atoms with Gasteiger partial charge in [0.05, 0.1) is 5.69 Å². The molecule has 2 aromatic rings. The van der Waals surface area contributed by atoms with Gasteiger partial charge in [-0.2, -0.15) is 0 Å². The smallest absolute Gasteiger partial charge is 0.289 e. The van der Waals surface area contributed by atoms with Gasteiger partial charge in [-0.3, -0.25) is 4.79 Å². The van der Waals surface area contributed by atoms with Gasteiger partial charge in [-0.05, 0) is 18.2 Å². The van der Waals surface area contributed by atoms with Gasteiger partial charge in [0, 0.05) is 32.2 Å². The van der Waals surface area contributed by atoms with Crippen molar-refractivity contribution in [1.29, 1.82) is 0 Å². The number of benzene rings is 1. The van der Waals surface area contributed by atoms with Gasteiger partial charge in [0.1, 0.15) is 5.82 Å². The van der Waals surface area contributed by atoms with E-state index < -0.39 is 0 Å². The molecule has 3 rings (SSSR count). The number of carbonyl (C=O) groups is 1. The first kappa shape index (κ1) is 13.5. The fraction of sp³-hybridized carbons (Fsp3) is 0.267. The van der Waals surface area contributed by atoms with Crippen molar-refractivity contribution in [2.24, 2.45) is 0 Å². The summed E-state index contributed by atoms with van der Waals surface area (Å²) in [5, 5.41) is 0. The van der Waals surface area contributed by atoms with Crippen molar-refractivity contribution in [3.63, 3.8) is 0 Å². The van der Waals surface area contributed by atoms with E-state index in [2.05, 4.69) is 0 Å².